The molecular weight excluding hydrogens is 1090 g/mol. The number of hydrogen-bond donors (Lipinski definition) is 8. The van der Waals surface area contributed by atoms with E-state index in [1.165, 1.54) is 21.7 Å². The molecule has 0 bridgehead atoms. The second-order valence-electron chi connectivity index (χ2n) is 20.3. The Balaban J connectivity index is 0.000000231. The van der Waals surface area contributed by atoms with Crippen molar-refractivity contribution in [2.75, 3.05) is 51.0 Å². The average Bonchev–Trinajstić information content (AvgIpc) is 4.28. The zero-order chi connectivity index (χ0) is 58.3. The molecular formula is C50H62N12O16P2. The van der Waals surface area contributed by atoms with E-state index < -0.39 is 99.3 Å². The zero-order valence-corrected chi connectivity index (χ0v) is 46.0. The molecule has 10 N–H and O–H groups in total. The molecule has 28 nitrogen and oxygen atoms in total. The molecule has 2 aliphatic rings. The number of nitrogens with one attached hydrogen (secondary N) is 2. The number of hydrogen-bond acceptors (Lipinski definition) is 24. The second kappa shape index (κ2) is 24.7. The number of rotatable bonds is 20. The molecule has 2 fully saturated rings. The van der Waals surface area contributed by atoms with Gasteiger partial charge >= 0.3 is 27.4 Å². The Labute approximate surface area is 458 Å². The molecule has 0 spiro atoms. The first-order chi connectivity index (χ1) is 37.8. The van der Waals surface area contributed by atoms with Gasteiger partial charge in [0.05, 0.1) is 22.2 Å². The molecule has 2 aromatic carbocycles. The molecule has 2 aliphatic heterocycles. The van der Waals surface area contributed by atoms with Gasteiger partial charge in [-0.3, -0.25) is 18.6 Å². The maximum absolute atomic E-state index is 13.7. The largest absolute Gasteiger partial charge is 0.464 e. The number of nitrogens with two attached hydrogens (primary N) is 2. The minimum absolute atomic E-state index is 0.114. The molecule has 428 valence electrons. The van der Waals surface area contributed by atoms with Crippen LogP contribution >= 0.6 is 15.5 Å². The van der Waals surface area contributed by atoms with Gasteiger partial charge in [-0.1, -0.05) is 36.4 Å². The van der Waals surface area contributed by atoms with Crippen molar-refractivity contribution < 1.29 is 76.2 Å². The van der Waals surface area contributed by atoms with E-state index in [2.05, 4.69) is 30.3 Å². The minimum Gasteiger partial charge on any atom is -0.464 e. The monoisotopic (exact) mass is 1150 g/mol. The number of nitrogen functional groups attached to an aromatic ring is 2. The molecule has 2 saturated heterocycles. The van der Waals surface area contributed by atoms with Crippen LogP contribution in [0.5, 0.6) is 11.5 Å². The van der Waals surface area contributed by atoms with Crippen molar-refractivity contribution in [3.8, 4) is 23.6 Å². The van der Waals surface area contributed by atoms with Crippen LogP contribution in [-0.4, -0.2) is 137 Å². The predicted molar refractivity (Wildman–Crippen MR) is 281 cm³/mol. The Morgan fingerprint density at radius 1 is 0.637 bits per heavy atom. The van der Waals surface area contributed by atoms with Crippen LogP contribution in [0.2, 0.25) is 0 Å². The standard InChI is InChI=1S/2C25H31N6O8P/c2*1-24(2,3)23(34)36-12-11-30-40(35,39-16-7-5-4-6-8-16)37-14-25(13-26)21(33)19(32)20(38-25)17-9-10-18-22(27)28-15-29-31(17)18/h2*4-10,15,19-21,32-33H,11-12,14H2,1-3H3,(H,30,35)(H2,27,28,29)/t19-,20-,21-,25+,40+;19-,20-,21-,25+,40-/m00/s1. The number of anilines is 2. The van der Waals surface area contributed by atoms with E-state index >= 15 is 0 Å². The number of carbonyl (C=O) groups is 2. The number of benzene rings is 2. The minimum atomic E-state index is -4.23. The van der Waals surface area contributed by atoms with Gasteiger partial charge in [0.2, 0.25) is 11.2 Å². The van der Waals surface area contributed by atoms with Gasteiger partial charge in [0, 0.05) is 13.1 Å². The van der Waals surface area contributed by atoms with E-state index in [0.29, 0.717) is 22.4 Å². The van der Waals surface area contributed by atoms with Crippen molar-refractivity contribution in [3.63, 3.8) is 0 Å². The molecule has 10 atom stereocenters. The maximum Gasteiger partial charge on any atom is 0.458 e. The molecule has 6 heterocycles. The first-order valence-corrected chi connectivity index (χ1v) is 27.8. The maximum atomic E-state index is 13.7. The van der Waals surface area contributed by atoms with Crippen LogP contribution in [0.4, 0.5) is 11.6 Å². The van der Waals surface area contributed by atoms with Gasteiger partial charge in [0.25, 0.3) is 0 Å². The highest BCUT2D eigenvalue weighted by molar-refractivity contribution is 7.52. The van der Waals surface area contributed by atoms with Gasteiger partial charge in [0.1, 0.15) is 110 Å². The van der Waals surface area contributed by atoms with Crippen LogP contribution < -0.4 is 30.7 Å². The Kier molecular flexibility index (Phi) is 18.7. The van der Waals surface area contributed by atoms with E-state index in [9.17, 15) is 49.7 Å². The van der Waals surface area contributed by atoms with Crippen LogP contribution in [0.1, 0.15) is 65.1 Å². The summed E-state index contributed by atoms with van der Waals surface area (Å²) in [6, 6.07) is 26.3. The van der Waals surface area contributed by atoms with E-state index in [-0.39, 0.29) is 49.4 Å². The van der Waals surface area contributed by atoms with Gasteiger partial charge in [-0.2, -0.15) is 20.7 Å². The molecule has 80 heavy (non-hydrogen) atoms. The van der Waals surface area contributed by atoms with E-state index in [1.54, 1.807) is 126 Å². The Hall–Kier alpha value is -7.14. The summed E-state index contributed by atoms with van der Waals surface area (Å²) >= 11 is 0. The van der Waals surface area contributed by atoms with Gasteiger partial charge in [-0.05, 0) is 90.1 Å². The van der Waals surface area contributed by atoms with Gasteiger partial charge in [-0.25, -0.2) is 38.3 Å². The van der Waals surface area contributed by atoms with Crippen LogP contribution in [0, 0.1) is 33.5 Å². The average molecular weight is 1150 g/mol. The first-order valence-electron chi connectivity index (χ1n) is 24.7. The number of esters is 2. The number of aliphatic hydroxyl groups is 4. The molecule has 0 amide bonds. The number of fused-ring (bicyclic) bond motifs is 2. The smallest absolute Gasteiger partial charge is 0.458 e. The van der Waals surface area contributed by atoms with Gasteiger partial charge < -0.3 is 59.9 Å². The Bertz CT molecular complexity index is 3090. The summed E-state index contributed by atoms with van der Waals surface area (Å²) in [5, 5.41) is 77.0. The highest BCUT2D eigenvalue weighted by Gasteiger charge is 2.58. The molecule has 4 aromatic heterocycles. The van der Waals surface area contributed by atoms with Crippen LogP contribution in [-0.2, 0) is 46.7 Å². The fraction of sp³-hybridized carbons (Fsp3) is 0.440. The zero-order valence-electron chi connectivity index (χ0n) is 44.3. The van der Waals surface area contributed by atoms with E-state index in [1.807, 2.05) is 12.1 Å². The van der Waals surface area contributed by atoms with Crippen molar-refractivity contribution >= 4 is 50.1 Å². The highest BCUT2D eigenvalue weighted by Crippen LogP contribution is 2.50. The third kappa shape index (κ3) is 13.7. The SMILES string of the molecule is CC(C)(C)C(=O)OCCN[P@@](=O)(OC[C@@]1(C#N)O[C@@H](c2ccc3c(N)ncnn23)[C@H](O)[C@@H]1O)Oc1ccccc1.CC(C)(C)C(=O)OCCN[P@](=O)(OC[C@@]1(C#N)O[C@@H](c2ccc3c(N)ncnn23)[C@H](O)[C@@H]1O)Oc1ccccc1. The molecule has 30 heteroatoms. The lowest BCUT2D eigenvalue weighted by atomic mass is 9.96. The second-order valence-corrected chi connectivity index (χ2v) is 23.8. The molecule has 8 rings (SSSR count). The first kappa shape index (κ1) is 60.5. The van der Waals surface area contributed by atoms with Crippen LogP contribution in [0.25, 0.3) is 11.0 Å². The molecule has 0 unspecified atom stereocenters. The molecule has 0 radical (unpaired) electrons. The number of nitrogens with zero attached hydrogens (tertiary/aromatic N) is 8. The van der Waals surface area contributed by atoms with E-state index in [4.69, 9.17) is 48.5 Å². The predicted octanol–water partition coefficient (Wildman–Crippen LogP) is 3.50. The summed E-state index contributed by atoms with van der Waals surface area (Å²) in [6.45, 7) is 8.17. The van der Waals surface area contributed by atoms with Crippen molar-refractivity contribution in [1.29, 1.82) is 10.5 Å². The lowest BCUT2D eigenvalue weighted by Crippen LogP contribution is -2.46. The highest BCUT2D eigenvalue weighted by atomic mass is 31.2. The van der Waals surface area contributed by atoms with Gasteiger partial charge in [-0.15, -0.1) is 0 Å². The lowest BCUT2D eigenvalue weighted by molar-refractivity contribution is -0.153. The third-order valence-corrected chi connectivity index (χ3v) is 15.3. The Morgan fingerprint density at radius 3 is 1.34 bits per heavy atom. The van der Waals surface area contributed by atoms with Crippen molar-refractivity contribution in [3.05, 3.63) is 109 Å². The topological polar surface area (TPSA) is 407 Å². The van der Waals surface area contributed by atoms with Gasteiger partial charge in [0.15, 0.2) is 11.6 Å². The lowest BCUT2D eigenvalue weighted by Gasteiger charge is -2.27. The summed E-state index contributed by atoms with van der Waals surface area (Å²) in [7, 11) is -8.46. The van der Waals surface area contributed by atoms with E-state index in [0.717, 1.165) is 0 Å². The molecule has 0 saturated carbocycles. The number of para-hydroxylation sites is 2. The fourth-order valence-corrected chi connectivity index (χ4v) is 10.5. The Morgan fingerprint density at radius 2 is 1.00 bits per heavy atom. The number of nitriles is 2. The summed E-state index contributed by atoms with van der Waals surface area (Å²) in [6.07, 6.45) is -6.66. The van der Waals surface area contributed by atoms with Crippen LogP contribution in [0.15, 0.2) is 97.6 Å². The number of aliphatic hydroxyl groups excluding tert-OH is 4. The summed E-state index contributed by atoms with van der Waals surface area (Å²) < 4.78 is 74.7. The third-order valence-electron chi connectivity index (χ3n) is 12.2. The number of aromatic nitrogens is 6. The van der Waals surface area contributed by atoms with Crippen molar-refractivity contribution in [1.82, 2.24) is 39.4 Å². The normalized spacial score (nSPS) is 24.4. The van der Waals surface area contributed by atoms with Crippen molar-refractivity contribution in [2.24, 2.45) is 10.8 Å². The number of ether oxygens (including phenoxy) is 4. The van der Waals surface area contributed by atoms with Crippen LogP contribution in [0.3, 0.4) is 0 Å². The summed E-state index contributed by atoms with van der Waals surface area (Å²) in [5.74, 6) is -0.155. The molecule has 6 aromatic rings. The summed E-state index contributed by atoms with van der Waals surface area (Å²) in [5.41, 5.74) is 7.51. The number of carbonyl (C=O) groups excluding carboxylic acids is 2. The summed E-state index contributed by atoms with van der Waals surface area (Å²) in [4.78, 5) is 31.9. The molecule has 0 aliphatic carbocycles. The quantitative estimate of drug-likeness (QED) is 0.0308. The van der Waals surface area contributed by atoms with Crippen molar-refractivity contribution in [2.45, 2.75) is 89.4 Å². The fourth-order valence-electron chi connectivity index (χ4n) is 7.85.